The van der Waals surface area contributed by atoms with Crippen LogP contribution in [0.2, 0.25) is 0 Å². The number of aliphatic hydroxyl groups excluding tert-OH is 1. The average Bonchev–Trinajstić information content (AvgIpc) is 2.28. The van der Waals surface area contributed by atoms with Gasteiger partial charge >= 0.3 is 0 Å². The first-order valence-electron chi connectivity index (χ1n) is 5.77. The van der Waals surface area contributed by atoms with Crippen molar-refractivity contribution in [3.8, 4) is 0 Å². The lowest BCUT2D eigenvalue weighted by Gasteiger charge is -2.28. The molecule has 100 valence electrons. The van der Waals surface area contributed by atoms with Crippen molar-refractivity contribution in [1.29, 1.82) is 0 Å². The van der Waals surface area contributed by atoms with E-state index in [1.165, 1.54) is 24.0 Å². The van der Waals surface area contributed by atoms with Gasteiger partial charge in [0.15, 0.2) is 11.6 Å². The van der Waals surface area contributed by atoms with Gasteiger partial charge in [0.05, 0.1) is 11.7 Å². The molecule has 0 bridgehead atoms. The molecule has 0 aliphatic heterocycles. The highest BCUT2D eigenvalue weighted by molar-refractivity contribution is 5.94. The second-order valence-corrected chi connectivity index (χ2v) is 4.50. The van der Waals surface area contributed by atoms with Gasteiger partial charge in [-0.05, 0) is 32.9 Å². The van der Waals surface area contributed by atoms with Crippen molar-refractivity contribution in [1.82, 2.24) is 4.90 Å². The number of halogens is 2. The highest BCUT2D eigenvalue weighted by atomic mass is 19.2. The van der Waals surface area contributed by atoms with Crippen LogP contribution in [-0.2, 0) is 0 Å². The standard InChI is InChI=1S/C13H17F2NO2/c1-8(2)16(7-9(3)17)13(18)10-5-4-6-11(14)12(10)15/h4-6,8-9,17H,7H2,1-3H3. The van der Waals surface area contributed by atoms with E-state index in [0.717, 1.165) is 6.07 Å². The molecule has 0 radical (unpaired) electrons. The lowest BCUT2D eigenvalue weighted by Crippen LogP contribution is -2.41. The Morgan fingerprint density at radius 3 is 2.44 bits per heavy atom. The fraction of sp³-hybridized carbons (Fsp3) is 0.462. The zero-order valence-corrected chi connectivity index (χ0v) is 10.7. The molecule has 0 heterocycles. The van der Waals surface area contributed by atoms with Crippen LogP contribution < -0.4 is 0 Å². The van der Waals surface area contributed by atoms with Crippen molar-refractivity contribution >= 4 is 5.91 Å². The lowest BCUT2D eigenvalue weighted by molar-refractivity contribution is 0.0573. The highest BCUT2D eigenvalue weighted by Crippen LogP contribution is 2.15. The van der Waals surface area contributed by atoms with Gasteiger partial charge in [0.2, 0.25) is 0 Å². The second kappa shape index (κ2) is 5.91. The Kier molecular flexibility index (Phi) is 4.78. The van der Waals surface area contributed by atoms with Crippen LogP contribution in [0.4, 0.5) is 8.78 Å². The maximum atomic E-state index is 13.5. The molecule has 0 fully saturated rings. The molecule has 0 aliphatic carbocycles. The van der Waals surface area contributed by atoms with E-state index in [1.807, 2.05) is 0 Å². The molecular formula is C13H17F2NO2. The molecule has 1 N–H and O–H groups in total. The molecule has 1 unspecified atom stereocenters. The van der Waals surface area contributed by atoms with E-state index in [9.17, 15) is 18.7 Å². The Labute approximate surface area is 105 Å². The van der Waals surface area contributed by atoms with Gasteiger partial charge < -0.3 is 10.0 Å². The van der Waals surface area contributed by atoms with Gasteiger partial charge in [0, 0.05) is 12.6 Å². The van der Waals surface area contributed by atoms with E-state index >= 15 is 0 Å². The van der Waals surface area contributed by atoms with E-state index < -0.39 is 23.6 Å². The van der Waals surface area contributed by atoms with Gasteiger partial charge in [-0.2, -0.15) is 0 Å². The lowest BCUT2D eigenvalue weighted by atomic mass is 10.1. The van der Waals surface area contributed by atoms with Crippen LogP contribution in [0.1, 0.15) is 31.1 Å². The van der Waals surface area contributed by atoms with Crippen LogP contribution in [0.15, 0.2) is 18.2 Å². The number of hydrogen-bond acceptors (Lipinski definition) is 2. The van der Waals surface area contributed by atoms with Gasteiger partial charge in [-0.3, -0.25) is 4.79 Å². The van der Waals surface area contributed by atoms with E-state index in [2.05, 4.69) is 0 Å². The molecule has 0 saturated heterocycles. The van der Waals surface area contributed by atoms with Crippen LogP contribution >= 0.6 is 0 Å². The average molecular weight is 257 g/mol. The number of benzene rings is 1. The van der Waals surface area contributed by atoms with E-state index in [4.69, 9.17) is 0 Å². The van der Waals surface area contributed by atoms with Crippen LogP contribution in [0, 0.1) is 11.6 Å². The zero-order chi connectivity index (χ0) is 13.9. The molecule has 3 nitrogen and oxygen atoms in total. The number of nitrogens with zero attached hydrogens (tertiary/aromatic N) is 1. The molecule has 0 saturated carbocycles. The summed E-state index contributed by atoms with van der Waals surface area (Å²) in [6.45, 7) is 5.10. The molecule has 18 heavy (non-hydrogen) atoms. The Balaban J connectivity index is 3.06. The van der Waals surface area contributed by atoms with Crippen molar-refractivity contribution in [2.24, 2.45) is 0 Å². The van der Waals surface area contributed by atoms with Crippen LogP contribution in [0.5, 0.6) is 0 Å². The van der Waals surface area contributed by atoms with E-state index in [-0.39, 0.29) is 18.2 Å². The minimum absolute atomic E-state index is 0.0758. The van der Waals surface area contributed by atoms with Crippen molar-refractivity contribution in [3.63, 3.8) is 0 Å². The Hall–Kier alpha value is -1.49. The quantitative estimate of drug-likeness (QED) is 0.898. The van der Waals surface area contributed by atoms with Crippen LogP contribution in [0.25, 0.3) is 0 Å². The molecule has 1 rings (SSSR count). The van der Waals surface area contributed by atoms with Gasteiger partial charge in [0.1, 0.15) is 0 Å². The number of amides is 1. The second-order valence-electron chi connectivity index (χ2n) is 4.50. The minimum atomic E-state index is -1.15. The number of carbonyl (C=O) groups excluding carboxylic acids is 1. The smallest absolute Gasteiger partial charge is 0.257 e. The van der Waals surface area contributed by atoms with Crippen molar-refractivity contribution in [2.45, 2.75) is 32.9 Å². The number of rotatable bonds is 4. The number of carbonyl (C=O) groups is 1. The molecule has 0 aliphatic rings. The SMILES string of the molecule is CC(O)CN(C(=O)c1cccc(F)c1F)C(C)C. The van der Waals surface area contributed by atoms with Gasteiger partial charge in [-0.25, -0.2) is 8.78 Å². The van der Waals surface area contributed by atoms with Gasteiger partial charge in [-0.1, -0.05) is 6.07 Å². The first kappa shape index (κ1) is 14.6. The van der Waals surface area contributed by atoms with Crippen molar-refractivity contribution in [3.05, 3.63) is 35.4 Å². The fourth-order valence-electron chi connectivity index (χ4n) is 1.64. The number of aliphatic hydroxyl groups is 1. The molecular weight excluding hydrogens is 240 g/mol. The summed E-state index contributed by atoms with van der Waals surface area (Å²) in [5, 5.41) is 9.33. The summed E-state index contributed by atoms with van der Waals surface area (Å²) in [7, 11) is 0. The highest BCUT2D eigenvalue weighted by Gasteiger charge is 2.24. The third kappa shape index (κ3) is 3.26. The predicted octanol–water partition coefficient (Wildman–Crippen LogP) is 2.20. The third-order valence-corrected chi connectivity index (χ3v) is 2.53. The van der Waals surface area contributed by atoms with Crippen molar-refractivity contribution in [2.75, 3.05) is 6.54 Å². The van der Waals surface area contributed by atoms with E-state index in [0.29, 0.717) is 0 Å². The first-order valence-corrected chi connectivity index (χ1v) is 5.77. The zero-order valence-electron chi connectivity index (χ0n) is 10.7. The molecule has 0 aromatic heterocycles. The Morgan fingerprint density at radius 1 is 1.33 bits per heavy atom. The maximum absolute atomic E-state index is 13.5. The normalized spacial score (nSPS) is 12.6. The molecule has 1 amide bonds. The fourth-order valence-corrected chi connectivity index (χ4v) is 1.64. The molecule has 1 aromatic carbocycles. The summed E-state index contributed by atoms with van der Waals surface area (Å²) >= 11 is 0. The number of hydrogen-bond donors (Lipinski definition) is 1. The summed E-state index contributed by atoms with van der Waals surface area (Å²) in [5.74, 6) is -2.83. The summed E-state index contributed by atoms with van der Waals surface area (Å²) in [5.41, 5.74) is -0.315. The molecule has 0 spiro atoms. The van der Waals surface area contributed by atoms with Crippen molar-refractivity contribution < 1.29 is 18.7 Å². The van der Waals surface area contributed by atoms with Crippen LogP contribution in [0.3, 0.4) is 0 Å². The molecule has 5 heteroatoms. The molecule has 1 aromatic rings. The predicted molar refractivity (Wildman–Crippen MR) is 64.2 cm³/mol. The molecule has 1 atom stereocenters. The third-order valence-electron chi connectivity index (χ3n) is 2.53. The van der Waals surface area contributed by atoms with Gasteiger partial charge in [0.25, 0.3) is 5.91 Å². The Morgan fingerprint density at radius 2 is 1.94 bits per heavy atom. The maximum Gasteiger partial charge on any atom is 0.257 e. The Bertz CT molecular complexity index is 433. The summed E-state index contributed by atoms with van der Waals surface area (Å²) in [6, 6.07) is 3.26. The summed E-state index contributed by atoms with van der Waals surface area (Å²) in [6.07, 6.45) is -0.729. The first-order chi connectivity index (χ1) is 8.34. The monoisotopic (exact) mass is 257 g/mol. The topological polar surface area (TPSA) is 40.5 Å². The largest absolute Gasteiger partial charge is 0.392 e. The van der Waals surface area contributed by atoms with Crippen LogP contribution in [-0.4, -0.2) is 34.6 Å². The minimum Gasteiger partial charge on any atom is -0.392 e. The summed E-state index contributed by atoms with van der Waals surface area (Å²) < 4.78 is 26.6. The van der Waals surface area contributed by atoms with Gasteiger partial charge in [-0.15, -0.1) is 0 Å². The summed E-state index contributed by atoms with van der Waals surface area (Å²) in [4.78, 5) is 13.4. The van der Waals surface area contributed by atoms with E-state index in [1.54, 1.807) is 13.8 Å².